The lowest BCUT2D eigenvalue weighted by Crippen LogP contribution is -2.48. The Morgan fingerprint density at radius 3 is 2.20 bits per heavy atom. The summed E-state index contributed by atoms with van der Waals surface area (Å²) in [7, 11) is 4.93. The highest BCUT2D eigenvalue weighted by molar-refractivity contribution is 7.99. The lowest BCUT2D eigenvalue weighted by Gasteiger charge is -2.37. The van der Waals surface area contributed by atoms with Gasteiger partial charge >= 0.3 is 5.97 Å². The molecule has 2 heterocycles. The zero-order valence-electron chi connectivity index (χ0n) is 25.5. The number of carbonyl (C=O) groups is 2. The first kappa shape index (κ1) is 31.8. The van der Waals surface area contributed by atoms with Crippen LogP contribution < -0.4 is 24.0 Å². The largest absolute Gasteiger partial charge is 0.497 e. The number of thioether (sulfide) groups is 1. The number of carbonyl (C=O) groups excluding carboxylic acids is 2. The third kappa shape index (κ3) is 7.20. The van der Waals surface area contributed by atoms with Crippen LogP contribution in [0.3, 0.4) is 0 Å². The van der Waals surface area contributed by atoms with Crippen molar-refractivity contribution in [3.8, 4) is 17.2 Å². The number of piperazine rings is 1. The van der Waals surface area contributed by atoms with Crippen LogP contribution in [-0.4, -0.2) is 83.5 Å². The van der Waals surface area contributed by atoms with Gasteiger partial charge in [0.2, 0.25) is 0 Å². The monoisotopic (exact) mass is 639 g/mol. The third-order valence-corrected chi connectivity index (χ3v) is 9.53. The van der Waals surface area contributed by atoms with Crippen molar-refractivity contribution in [2.45, 2.75) is 29.6 Å². The Kier molecular flexibility index (Phi) is 10.5. The summed E-state index contributed by atoms with van der Waals surface area (Å²) in [5, 5.41) is 0.122. The van der Waals surface area contributed by atoms with E-state index in [1.165, 1.54) is 18.7 Å². The van der Waals surface area contributed by atoms with Crippen LogP contribution in [0.5, 0.6) is 17.2 Å². The molecule has 11 heteroatoms. The molecule has 0 saturated carbocycles. The number of methoxy groups -OCH3 is 3. The van der Waals surface area contributed by atoms with E-state index in [1.54, 1.807) is 32.3 Å². The molecule has 1 saturated heterocycles. The molecule has 2 aliphatic rings. The van der Waals surface area contributed by atoms with E-state index in [0.29, 0.717) is 17.3 Å². The zero-order valence-corrected chi connectivity index (χ0v) is 27.0. The number of anilines is 2. The van der Waals surface area contributed by atoms with Crippen LogP contribution in [0.25, 0.3) is 0 Å². The average Bonchev–Trinajstić information content (AvgIpc) is 3.14. The molecule has 0 aliphatic carbocycles. The predicted molar refractivity (Wildman–Crippen MR) is 174 cm³/mol. The van der Waals surface area contributed by atoms with Gasteiger partial charge in [0.1, 0.15) is 17.2 Å². The number of halogens is 1. The van der Waals surface area contributed by atoms with Crippen molar-refractivity contribution in [2.24, 2.45) is 0 Å². The Bertz CT molecular complexity index is 1460. The molecule has 5 rings (SSSR count). The molecular weight excluding hydrogens is 602 g/mol. The van der Waals surface area contributed by atoms with Crippen molar-refractivity contribution < 1.29 is 28.5 Å². The van der Waals surface area contributed by atoms with Gasteiger partial charge in [-0.3, -0.25) is 14.5 Å². The molecule has 3 aromatic carbocycles. The van der Waals surface area contributed by atoms with Crippen molar-refractivity contribution in [1.82, 2.24) is 4.90 Å². The maximum absolute atomic E-state index is 14.2. The Balaban J connectivity index is 1.29. The number of hydrogen-bond donors (Lipinski definition) is 0. The van der Waals surface area contributed by atoms with Crippen molar-refractivity contribution >= 4 is 46.6 Å². The SMILES string of the molecule is COc1ccc([C@@H]2Sc3cc(Cl)ccc3N(CCCN3CCN(c4ccc(OC)cc4OC)CC3)C(=O)C2OC(C)=O)cc1. The van der Waals surface area contributed by atoms with Gasteiger partial charge in [-0.05, 0) is 61.0 Å². The van der Waals surface area contributed by atoms with Gasteiger partial charge in [-0.25, -0.2) is 0 Å². The minimum atomic E-state index is -1.000. The first-order chi connectivity index (χ1) is 21.3. The fraction of sp³-hybridized carbons (Fsp3) is 0.394. The molecule has 2 aliphatic heterocycles. The maximum atomic E-state index is 14.2. The Labute approximate surface area is 267 Å². The Morgan fingerprint density at radius 1 is 0.864 bits per heavy atom. The molecule has 0 spiro atoms. The number of ether oxygens (including phenoxy) is 4. The van der Waals surface area contributed by atoms with Crippen molar-refractivity contribution in [3.05, 3.63) is 71.2 Å². The second-order valence-corrected chi connectivity index (χ2v) is 12.3. The molecule has 3 aromatic rings. The normalized spacial score (nSPS) is 18.8. The van der Waals surface area contributed by atoms with Crippen molar-refractivity contribution in [2.75, 3.05) is 70.4 Å². The molecule has 2 atom stereocenters. The predicted octanol–water partition coefficient (Wildman–Crippen LogP) is 5.69. The van der Waals surface area contributed by atoms with E-state index in [4.69, 9.17) is 30.5 Å². The summed E-state index contributed by atoms with van der Waals surface area (Å²) in [4.78, 5) is 33.8. The summed E-state index contributed by atoms with van der Waals surface area (Å²) >= 11 is 7.90. The molecule has 0 aromatic heterocycles. The molecule has 44 heavy (non-hydrogen) atoms. The summed E-state index contributed by atoms with van der Waals surface area (Å²) in [6.45, 7) is 6.15. The van der Waals surface area contributed by atoms with E-state index in [-0.39, 0.29) is 5.91 Å². The van der Waals surface area contributed by atoms with E-state index in [0.717, 1.165) is 72.5 Å². The number of benzene rings is 3. The standard InChI is InChI=1S/C33H38ClN3O6S/c1-22(38)43-31-32(23-6-9-25(40-2)10-7-23)44-30-20-24(34)8-12-28(30)37(33(31)39)15-5-14-35-16-18-36(19-17-35)27-13-11-26(41-3)21-29(27)42-4/h6-13,20-21,31-32H,5,14-19H2,1-4H3/t31?,32-/m0/s1. The molecule has 0 radical (unpaired) electrons. The summed E-state index contributed by atoms with van der Waals surface area (Å²) in [6, 6.07) is 18.9. The quantitative estimate of drug-likeness (QED) is 0.260. The van der Waals surface area contributed by atoms with Gasteiger partial charge in [0, 0.05) is 55.6 Å². The number of hydrogen-bond acceptors (Lipinski definition) is 9. The maximum Gasteiger partial charge on any atom is 0.303 e. The minimum absolute atomic E-state index is 0.244. The lowest BCUT2D eigenvalue weighted by molar-refractivity contribution is -0.152. The van der Waals surface area contributed by atoms with Crippen LogP contribution in [0.4, 0.5) is 11.4 Å². The summed E-state index contributed by atoms with van der Waals surface area (Å²) in [5.41, 5.74) is 2.68. The van der Waals surface area contributed by atoms with Crippen molar-refractivity contribution in [3.63, 3.8) is 0 Å². The molecule has 9 nitrogen and oxygen atoms in total. The second kappa shape index (κ2) is 14.5. The van der Waals surface area contributed by atoms with Gasteiger partial charge in [0.15, 0.2) is 6.10 Å². The van der Waals surface area contributed by atoms with Gasteiger partial charge in [-0.15, -0.1) is 11.8 Å². The average molecular weight is 640 g/mol. The van der Waals surface area contributed by atoms with Crippen LogP contribution in [-0.2, 0) is 14.3 Å². The number of amides is 1. The van der Waals surface area contributed by atoms with E-state index in [1.807, 2.05) is 54.6 Å². The third-order valence-electron chi connectivity index (χ3n) is 7.94. The number of esters is 1. The molecule has 1 amide bonds. The zero-order chi connectivity index (χ0) is 31.2. The van der Waals surface area contributed by atoms with Crippen LogP contribution in [0.15, 0.2) is 65.6 Å². The smallest absolute Gasteiger partial charge is 0.303 e. The number of fused-ring (bicyclic) bond motifs is 1. The van der Waals surface area contributed by atoms with Crippen LogP contribution >= 0.6 is 23.4 Å². The van der Waals surface area contributed by atoms with E-state index in [2.05, 4.69) is 9.80 Å². The first-order valence-electron chi connectivity index (χ1n) is 14.6. The summed E-state index contributed by atoms with van der Waals surface area (Å²) in [6.07, 6.45) is -0.246. The van der Waals surface area contributed by atoms with E-state index < -0.39 is 17.3 Å². The van der Waals surface area contributed by atoms with Crippen molar-refractivity contribution in [1.29, 1.82) is 0 Å². The van der Waals surface area contributed by atoms with Crippen LogP contribution in [0.1, 0.15) is 24.2 Å². The van der Waals surface area contributed by atoms with Gasteiger partial charge in [0.05, 0.1) is 38.0 Å². The van der Waals surface area contributed by atoms with E-state index >= 15 is 0 Å². The lowest BCUT2D eigenvalue weighted by atomic mass is 10.1. The molecule has 0 N–H and O–H groups in total. The van der Waals surface area contributed by atoms with E-state index in [9.17, 15) is 9.59 Å². The molecule has 1 fully saturated rings. The highest BCUT2D eigenvalue weighted by atomic mass is 35.5. The Morgan fingerprint density at radius 2 is 1.55 bits per heavy atom. The first-order valence-corrected chi connectivity index (χ1v) is 15.8. The highest BCUT2D eigenvalue weighted by Crippen LogP contribution is 2.48. The Hall–Kier alpha value is -3.60. The van der Waals surface area contributed by atoms with Gasteiger partial charge in [-0.1, -0.05) is 23.7 Å². The van der Waals surface area contributed by atoms with Crippen LogP contribution in [0.2, 0.25) is 5.02 Å². The molecule has 1 unspecified atom stereocenters. The van der Waals surface area contributed by atoms with Gasteiger partial charge in [-0.2, -0.15) is 0 Å². The second-order valence-electron chi connectivity index (χ2n) is 10.7. The molecular formula is C33H38ClN3O6S. The fourth-order valence-corrected chi connectivity index (χ4v) is 7.27. The minimum Gasteiger partial charge on any atom is -0.497 e. The summed E-state index contributed by atoms with van der Waals surface area (Å²) in [5.74, 6) is 1.52. The summed E-state index contributed by atoms with van der Waals surface area (Å²) < 4.78 is 22.0. The highest BCUT2D eigenvalue weighted by Gasteiger charge is 2.41. The van der Waals surface area contributed by atoms with Gasteiger partial charge < -0.3 is 28.7 Å². The van der Waals surface area contributed by atoms with Gasteiger partial charge in [0.25, 0.3) is 5.91 Å². The molecule has 234 valence electrons. The number of rotatable bonds is 10. The topological polar surface area (TPSA) is 80.8 Å². The number of nitrogens with zero attached hydrogens (tertiary/aromatic N) is 3. The molecule has 0 bridgehead atoms. The van der Waals surface area contributed by atoms with Crippen LogP contribution in [0, 0.1) is 0 Å². The fourth-order valence-electron chi connectivity index (χ4n) is 5.67.